The van der Waals surface area contributed by atoms with Gasteiger partial charge in [0, 0.05) is 49.0 Å². The van der Waals surface area contributed by atoms with Crippen LogP contribution in [-0.4, -0.2) is 93.4 Å². The summed E-state index contributed by atoms with van der Waals surface area (Å²) in [7, 11) is -8.37. The van der Waals surface area contributed by atoms with Crippen molar-refractivity contribution in [3.63, 3.8) is 0 Å². The van der Waals surface area contributed by atoms with E-state index in [1.165, 1.54) is 86.7 Å². The monoisotopic (exact) mass is 1270 g/mol. The number of rotatable bonds is 19. The first kappa shape index (κ1) is 66.8. The third-order valence-corrected chi connectivity index (χ3v) is 20.7. The molecule has 19 nitrogen and oxygen atoms in total. The minimum absolute atomic E-state index is 0. The van der Waals surface area contributed by atoms with Crippen molar-refractivity contribution in [2.75, 3.05) is 24.7 Å². The van der Waals surface area contributed by atoms with E-state index in [0.29, 0.717) is 64.6 Å². The Morgan fingerprint density at radius 1 is 0.759 bits per heavy atom. The number of halogens is 2. The number of hydrogen-bond acceptors (Lipinski definition) is 15. The molecule has 23 heteroatoms. The van der Waals surface area contributed by atoms with Gasteiger partial charge in [-0.3, -0.25) is 9.59 Å². The summed E-state index contributed by atoms with van der Waals surface area (Å²) in [5.74, 6) is 2.00. The third kappa shape index (κ3) is 17.6. The molecule has 472 valence electrons. The van der Waals surface area contributed by atoms with Gasteiger partial charge < -0.3 is 14.4 Å². The Balaban J connectivity index is 0.000000221. The minimum atomic E-state index is -4.19. The SMILES string of the molecule is C.CC1(C)CCC(CCCCCc2ccc(S(=O)(=O)NC(=O)c3ccc(-n4ccc(OCCC5(C)CC5)n4)nc3Cl)nc2)C1.CC1(CCOc2ccn(-c3ccc4c(n3)N3CC(CCCCCc5ccc(nc5)S(=O)(=O)NC4=O)CC3(C)C)n2)CC1.Cl. The molecule has 2 unspecified atom stereocenters. The first-order chi connectivity index (χ1) is 40.4. The van der Waals surface area contributed by atoms with Gasteiger partial charge >= 0.3 is 0 Å². The van der Waals surface area contributed by atoms with Gasteiger partial charge in [0.25, 0.3) is 31.9 Å². The van der Waals surface area contributed by atoms with Gasteiger partial charge in [0.1, 0.15) is 11.0 Å². The number of unbranched alkanes of at least 4 members (excludes halogenated alkanes) is 2. The van der Waals surface area contributed by atoms with Crippen molar-refractivity contribution in [1.29, 1.82) is 0 Å². The molecule has 0 aromatic carbocycles. The number of ether oxygens (including phenoxy) is 2. The average molecular weight is 1270 g/mol. The number of nitrogens with one attached hydrogen (secondary N) is 2. The lowest BCUT2D eigenvalue weighted by Crippen LogP contribution is -2.41. The number of carbonyl (C=O) groups is 2. The Morgan fingerprint density at radius 3 is 2.02 bits per heavy atom. The number of nitrogens with zero attached hydrogens (tertiary/aromatic N) is 9. The molecule has 9 heterocycles. The van der Waals surface area contributed by atoms with Crippen LogP contribution in [0.15, 0.2) is 95.5 Å². The number of carbonyl (C=O) groups excluding carboxylic acids is 2. The second-order valence-electron chi connectivity index (χ2n) is 26.4. The summed E-state index contributed by atoms with van der Waals surface area (Å²) >= 11 is 6.28. The molecule has 3 aliphatic carbocycles. The number of amides is 2. The fourth-order valence-corrected chi connectivity index (χ4v) is 14.0. The normalized spacial score (nSPS) is 20.3. The number of aryl methyl sites for hydroxylation is 2. The second-order valence-corrected chi connectivity index (χ2v) is 30.0. The van der Waals surface area contributed by atoms with E-state index in [1.54, 1.807) is 59.8 Å². The fourth-order valence-electron chi connectivity index (χ4n) is 12.0. The molecule has 3 aliphatic heterocycles. The lowest BCUT2D eigenvalue weighted by atomic mass is 9.89. The lowest BCUT2D eigenvalue weighted by Gasteiger charge is -2.34. The highest BCUT2D eigenvalue weighted by atomic mass is 35.5. The number of hydrogen-bond donors (Lipinski definition) is 2. The molecule has 2 amide bonds. The topological polar surface area (TPSA) is 235 Å². The molecule has 6 aliphatic rings. The van der Waals surface area contributed by atoms with Crippen LogP contribution in [0.4, 0.5) is 5.82 Å². The van der Waals surface area contributed by atoms with Crippen LogP contribution in [-0.2, 0) is 32.9 Å². The zero-order valence-electron chi connectivity index (χ0n) is 50.4. The summed E-state index contributed by atoms with van der Waals surface area (Å²) in [6, 6.07) is 16.2. The van der Waals surface area contributed by atoms with Crippen molar-refractivity contribution >= 4 is 61.7 Å². The largest absolute Gasteiger partial charge is 0.477 e. The van der Waals surface area contributed by atoms with Crippen LogP contribution in [0.1, 0.15) is 196 Å². The highest BCUT2D eigenvalue weighted by molar-refractivity contribution is 7.90. The van der Waals surface area contributed by atoms with Gasteiger partial charge in [-0.1, -0.05) is 91.0 Å². The maximum absolute atomic E-state index is 13.6. The molecule has 1 saturated heterocycles. The molecular formula is C64H87Cl2N11O8S2. The number of sulfonamides is 2. The first-order valence-electron chi connectivity index (χ1n) is 30.3. The van der Waals surface area contributed by atoms with Gasteiger partial charge in [0.05, 0.1) is 24.3 Å². The van der Waals surface area contributed by atoms with Crippen molar-refractivity contribution in [3.05, 3.63) is 113 Å². The van der Waals surface area contributed by atoms with Crippen LogP contribution < -0.4 is 23.8 Å². The number of pyridine rings is 4. The molecule has 0 spiro atoms. The summed E-state index contributed by atoms with van der Waals surface area (Å²) in [5, 5.41) is 8.38. The van der Waals surface area contributed by atoms with E-state index in [0.717, 1.165) is 94.2 Å². The molecule has 2 atom stereocenters. The molecule has 6 aromatic heterocycles. The second kappa shape index (κ2) is 27.7. The van der Waals surface area contributed by atoms with Crippen LogP contribution in [0.5, 0.6) is 11.8 Å². The highest BCUT2D eigenvalue weighted by Gasteiger charge is 2.42. The Bertz CT molecular complexity index is 3570. The molecular weight excluding hydrogens is 1190 g/mol. The van der Waals surface area contributed by atoms with Crippen LogP contribution in [0.25, 0.3) is 11.6 Å². The molecule has 3 saturated carbocycles. The highest BCUT2D eigenvalue weighted by Crippen LogP contribution is 2.49. The summed E-state index contributed by atoms with van der Waals surface area (Å²) in [6.07, 6.45) is 29.2. The van der Waals surface area contributed by atoms with Crippen LogP contribution in [0.2, 0.25) is 5.15 Å². The Hall–Kier alpha value is -6.16. The van der Waals surface area contributed by atoms with Crippen LogP contribution in [0.3, 0.4) is 0 Å². The number of aromatic nitrogens is 8. The van der Waals surface area contributed by atoms with Crippen LogP contribution >= 0.6 is 24.0 Å². The molecule has 87 heavy (non-hydrogen) atoms. The Kier molecular flexibility index (Phi) is 21.3. The van der Waals surface area contributed by atoms with E-state index in [9.17, 15) is 26.4 Å². The molecule has 2 N–H and O–H groups in total. The Morgan fingerprint density at radius 2 is 1.43 bits per heavy atom. The third-order valence-electron chi connectivity index (χ3n) is 17.9. The maximum Gasteiger partial charge on any atom is 0.281 e. The van der Waals surface area contributed by atoms with Gasteiger partial charge in [-0.25, -0.2) is 38.7 Å². The number of anilines is 1. The van der Waals surface area contributed by atoms with Gasteiger partial charge in [0.2, 0.25) is 11.8 Å². The summed E-state index contributed by atoms with van der Waals surface area (Å²) in [5.41, 5.74) is 3.10. The van der Waals surface area contributed by atoms with Crippen molar-refractivity contribution in [2.24, 2.45) is 28.1 Å². The molecule has 12 rings (SSSR count). The fraction of sp³-hybridized carbons (Fsp3) is 0.562. The van der Waals surface area contributed by atoms with Crippen molar-refractivity contribution in [3.8, 4) is 23.4 Å². The van der Waals surface area contributed by atoms with E-state index in [4.69, 9.17) is 26.1 Å². The predicted molar refractivity (Wildman–Crippen MR) is 339 cm³/mol. The smallest absolute Gasteiger partial charge is 0.281 e. The average Bonchev–Trinajstić information content (AvgIpc) is 1.96. The van der Waals surface area contributed by atoms with Crippen molar-refractivity contribution < 1.29 is 35.9 Å². The van der Waals surface area contributed by atoms with E-state index in [2.05, 4.69) is 76.3 Å². The summed E-state index contributed by atoms with van der Waals surface area (Å²) < 4.78 is 71.1. The van der Waals surface area contributed by atoms with E-state index >= 15 is 0 Å². The lowest BCUT2D eigenvalue weighted by molar-refractivity contribution is 0.0972. The maximum atomic E-state index is 13.6. The predicted octanol–water partition coefficient (Wildman–Crippen LogP) is 13.1. The molecule has 6 aromatic rings. The van der Waals surface area contributed by atoms with E-state index < -0.39 is 31.9 Å². The van der Waals surface area contributed by atoms with Crippen molar-refractivity contribution in [2.45, 2.75) is 193 Å². The zero-order chi connectivity index (χ0) is 60.2. The van der Waals surface area contributed by atoms with E-state index in [1.807, 2.05) is 10.8 Å². The quantitative estimate of drug-likeness (QED) is 0.0567. The Labute approximate surface area is 525 Å². The van der Waals surface area contributed by atoms with Crippen LogP contribution in [0, 0.1) is 28.1 Å². The molecule has 4 bridgehead atoms. The number of fused-ring (bicyclic) bond motifs is 8. The summed E-state index contributed by atoms with van der Waals surface area (Å²) in [4.78, 5) is 46.0. The minimum Gasteiger partial charge on any atom is -0.477 e. The van der Waals surface area contributed by atoms with Gasteiger partial charge in [0.15, 0.2) is 21.7 Å². The van der Waals surface area contributed by atoms with Gasteiger partial charge in [-0.15, -0.1) is 22.6 Å². The van der Waals surface area contributed by atoms with E-state index in [-0.39, 0.29) is 51.7 Å². The van der Waals surface area contributed by atoms with Crippen molar-refractivity contribution in [1.82, 2.24) is 48.9 Å². The molecule has 0 radical (unpaired) electrons. The standard InChI is InChI=1S/C32H42ClN5O4S.C31H40N6O4S.CH4.ClH/c1-31(2)15-13-23(21-31)7-5-4-6-8-24-9-12-28(34-22-24)43(40,41)37-30(39)25-10-11-26(35-29(25)33)38-19-14-27(36-38)42-20-18-32(3)16-17-32;1-30(2)19-23-8-6-4-5-7-22-9-12-27(32-20-22)42(39,40)35-29(38)24-10-11-25(33-28(24)36(30)21-23)37-17-13-26(34-37)41-18-16-31(3)14-15-31;;/h9-12,14,19,22-23H,4-8,13,15-18,20-21H2,1-3H3,(H,37,39);9-13,17,20,23H,4-8,14-16,18-19,21H2,1-3H3,(H,35,38);1H4;1H. The van der Waals surface area contributed by atoms with Gasteiger partial charge in [-0.2, -0.15) is 16.8 Å². The first-order valence-corrected chi connectivity index (χ1v) is 33.6. The zero-order valence-corrected chi connectivity index (χ0v) is 53.6. The van der Waals surface area contributed by atoms with Gasteiger partial charge in [-0.05, 0) is 186 Å². The summed E-state index contributed by atoms with van der Waals surface area (Å²) in [6.45, 7) is 15.5. The molecule has 4 fully saturated rings.